The van der Waals surface area contributed by atoms with E-state index in [0.29, 0.717) is 0 Å². The summed E-state index contributed by atoms with van der Waals surface area (Å²) in [7, 11) is -2.35. The van der Waals surface area contributed by atoms with Crippen LogP contribution in [0.2, 0.25) is 0 Å². The maximum Gasteiger partial charge on any atom is 0.573 e. The van der Waals surface area contributed by atoms with Gasteiger partial charge in [-0.05, 0) is 19.1 Å². The van der Waals surface area contributed by atoms with Crippen LogP contribution in [0.25, 0.3) is 0 Å². The molecule has 0 atom stereocenters. The Morgan fingerprint density at radius 2 is 2.00 bits per heavy atom. The molecule has 0 amide bonds. The molecule has 0 fully saturated rings. The smallest absolute Gasteiger partial charge is 0.464 e. The maximum atomic E-state index is 12.4. The van der Waals surface area contributed by atoms with Crippen molar-refractivity contribution in [3.63, 3.8) is 0 Å². The van der Waals surface area contributed by atoms with Gasteiger partial charge in [0.15, 0.2) is 18.3 Å². The van der Waals surface area contributed by atoms with Gasteiger partial charge in [-0.25, -0.2) is 0 Å². The zero-order chi connectivity index (χ0) is 16.0. The highest BCUT2D eigenvalue weighted by Crippen LogP contribution is 2.31. The van der Waals surface area contributed by atoms with Crippen LogP contribution in [-0.4, -0.2) is 43.2 Å². The number of carbonyl (C=O) groups excluding carboxylic acids is 1. The van der Waals surface area contributed by atoms with Crippen molar-refractivity contribution in [1.82, 2.24) is 0 Å². The Hall–Kier alpha value is -1.78. The fraction of sp³-hybridized carbons (Fsp3) is 0.364. The van der Waals surface area contributed by atoms with Gasteiger partial charge in [-0.1, -0.05) is 0 Å². The molecule has 116 valence electrons. The normalized spacial score (nSPS) is 11.1. The van der Waals surface area contributed by atoms with Gasteiger partial charge in [-0.2, -0.15) is 0 Å². The second kappa shape index (κ2) is 7.30. The zero-order valence-corrected chi connectivity index (χ0v) is 10.9. The van der Waals surface area contributed by atoms with Gasteiger partial charge in [0.1, 0.15) is 6.29 Å². The molecule has 0 bridgehead atoms. The van der Waals surface area contributed by atoms with Gasteiger partial charge in [0, 0.05) is 17.6 Å². The number of carbonyl (C=O) groups is 1. The molecule has 0 spiro atoms. The topological polar surface area (TPSA) is 85.2 Å². The van der Waals surface area contributed by atoms with E-state index in [1.165, 1.54) is 0 Å². The molecule has 2 N–H and O–H groups in total. The highest BCUT2D eigenvalue weighted by Gasteiger charge is 2.36. The molecule has 1 aromatic carbocycles. The van der Waals surface area contributed by atoms with Gasteiger partial charge >= 0.3 is 13.5 Å². The standard InChI is InChI=1S/C11H12BF3O6/c1-2-19-6-20-8-4-3-7(5-16)9(12(17)18)10(8)21-11(13,14)15/h3-5,17-18H,2,6H2,1H3. The summed E-state index contributed by atoms with van der Waals surface area (Å²) in [6.07, 6.45) is -4.93. The van der Waals surface area contributed by atoms with E-state index < -0.39 is 30.4 Å². The van der Waals surface area contributed by atoms with Gasteiger partial charge in [0.25, 0.3) is 0 Å². The van der Waals surface area contributed by atoms with Crippen LogP contribution in [0.5, 0.6) is 11.5 Å². The minimum absolute atomic E-state index is 0.171. The predicted molar refractivity (Wildman–Crippen MR) is 65.5 cm³/mol. The van der Waals surface area contributed by atoms with E-state index in [4.69, 9.17) is 9.47 Å². The quantitative estimate of drug-likeness (QED) is 0.329. The molecule has 0 radical (unpaired) electrons. The summed E-state index contributed by atoms with van der Waals surface area (Å²) in [6, 6.07) is 2.11. The van der Waals surface area contributed by atoms with Crippen molar-refractivity contribution in [3.8, 4) is 11.5 Å². The molecule has 0 unspecified atom stereocenters. The van der Waals surface area contributed by atoms with E-state index in [2.05, 4.69) is 4.74 Å². The summed E-state index contributed by atoms with van der Waals surface area (Å²) in [5, 5.41) is 18.3. The number of rotatable bonds is 7. The van der Waals surface area contributed by atoms with Crippen molar-refractivity contribution < 1.29 is 42.2 Å². The Morgan fingerprint density at radius 1 is 1.33 bits per heavy atom. The summed E-state index contributed by atoms with van der Waals surface area (Å²) in [5.74, 6) is -1.43. The van der Waals surface area contributed by atoms with Crippen LogP contribution >= 0.6 is 0 Å². The van der Waals surface area contributed by atoms with Crippen molar-refractivity contribution in [2.45, 2.75) is 13.3 Å². The Labute approximate surface area is 118 Å². The van der Waals surface area contributed by atoms with Crippen LogP contribution in [0.4, 0.5) is 13.2 Å². The zero-order valence-electron chi connectivity index (χ0n) is 10.9. The molecule has 1 rings (SSSR count). The molecule has 10 heteroatoms. The first kappa shape index (κ1) is 17.3. The monoisotopic (exact) mass is 308 g/mol. The number of hydrogen-bond acceptors (Lipinski definition) is 6. The lowest BCUT2D eigenvalue weighted by Crippen LogP contribution is -2.36. The first-order valence-corrected chi connectivity index (χ1v) is 5.74. The molecule has 0 saturated heterocycles. The van der Waals surface area contributed by atoms with Crippen molar-refractivity contribution in [1.29, 1.82) is 0 Å². The van der Waals surface area contributed by atoms with E-state index in [0.717, 1.165) is 12.1 Å². The van der Waals surface area contributed by atoms with Gasteiger partial charge in [-0.15, -0.1) is 13.2 Å². The highest BCUT2D eigenvalue weighted by molar-refractivity contribution is 6.61. The average molecular weight is 308 g/mol. The molecule has 0 aliphatic carbocycles. The van der Waals surface area contributed by atoms with Crippen LogP contribution in [0.15, 0.2) is 12.1 Å². The largest absolute Gasteiger partial charge is 0.573 e. The summed E-state index contributed by atoms with van der Waals surface area (Å²) in [5.41, 5.74) is -1.11. The molecule has 0 aliphatic heterocycles. The van der Waals surface area contributed by atoms with Gasteiger partial charge < -0.3 is 24.3 Å². The lowest BCUT2D eigenvalue weighted by molar-refractivity contribution is -0.274. The molecule has 0 heterocycles. The van der Waals surface area contributed by atoms with E-state index >= 15 is 0 Å². The molecular weight excluding hydrogens is 296 g/mol. The Balaban J connectivity index is 3.29. The molecule has 1 aromatic rings. The highest BCUT2D eigenvalue weighted by atomic mass is 19.4. The van der Waals surface area contributed by atoms with Gasteiger partial charge in [-0.3, -0.25) is 4.79 Å². The number of alkyl halides is 3. The first-order valence-electron chi connectivity index (χ1n) is 5.74. The number of ether oxygens (including phenoxy) is 3. The van der Waals surface area contributed by atoms with E-state index in [1.54, 1.807) is 6.92 Å². The fourth-order valence-corrected chi connectivity index (χ4v) is 1.49. The second-order valence-corrected chi connectivity index (χ2v) is 3.69. The van der Waals surface area contributed by atoms with Crippen LogP contribution in [0.3, 0.4) is 0 Å². The third-order valence-electron chi connectivity index (χ3n) is 2.30. The Morgan fingerprint density at radius 3 is 2.48 bits per heavy atom. The van der Waals surface area contributed by atoms with Gasteiger partial charge in [0.2, 0.25) is 0 Å². The molecule has 6 nitrogen and oxygen atoms in total. The number of aldehydes is 1. The number of halogens is 3. The third kappa shape index (κ3) is 4.92. The van der Waals surface area contributed by atoms with Crippen LogP contribution < -0.4 is 14.9 Å². The van der Waals surface area contributed by atoms with Crippen molar-refractivity contribution in [2.75, 3.05) is 13.4 Å². The third-order valence-corrected chi connectivity index (χ3v) is 2.30. The summed E-state index contributed by atoms with van der Waals surface area (Å²) in [6.45, 7) is 1.54. The molecule has 0 aliphatic rings. The lowest BCUT2D eigenvalue weighted by atomic mass is 9.76. The van der Waals surface area contributed by atoms with E-state index in [9.17, 15) is 28.0 Å². The predicted octanol–water partition coefficient (Wildman–Crippen LogP) is 0.450. The lowest BCUT2D eigenvalue weighted by Gasteiger charge is -2.18. The minimum atomic E-state index is -5.10. The van der Waals surface area contributed by atoms with Crippen LogP contribution in [0.1, 0.15) is 17.3 Å². The molecule has 0 aromatic heterocycles. The van der Waals surface area contributed by atoms with Crippen molar-refractivity contribution >= 4 is 18.9 Å². The Bertz CT molecular complexity index is 492. The molecule has 21 heavy (non-hydrogen) atoms. The van der Waals surface area contributed by atoms with Gasteiger partial charge in [0.05, 0.1) is 0 Å². The van der Waals surface area contributed by atoms with Crippen LogP contribution in [-0.2, 0) is 4.74 Å². The summed E-state index contributed by atoms with van der Waals surface area (Å²) >= 11 is 0. The summed E-state index contributed by atoms with van der Waals surface area (Å²) in [4.78, 5) is 10.8. The van der Waals surface area contributed by atoms with E-state index in [-0.39, 0.29) is 25.2 Å². The Kier molecular flexibility index (Phi) is 6.00. The second-order valence-electron chi connectivity index (χ2n) is 3.69. The number of benzene rings is 1. The van der Waals surface area contributed by atoms with E-state index in [1.807, 2.05) is 0 Å². The molecular formula is C11H12BF3O6. The SMILES string of the molecule is CCOCOc1ccc(C=O)c(B(O)O)c1OC(F)(F)F. The first-order chi connectivity index (χ1) is 9.80. The van der Waals surface area contributed by atoms with Crippen molar-refractivity contribution in [3.05, 3.63) is 17.7 Å². The minimum Gasteiger partial charge on any atom is -0.464 e. The molecule has 0 saturated carbocycles. The fourth-order valence-electron chi connectivity index (χ4n) is 1.49. The van der Waals surface area contributed by atoms with Crippen LogP contribution in [0, 0.1) is 0 Å². The summed E-state index contributed by atoms with van der Waals surface area (Å²) < 4.78 is 50.8. The average Bonchev–Trinajstić information content (AvgIpc) is 2.38. The van der Waals surface area contributed by atoms with Crippen molar-refractivity contribution in [2.24, 2.45) is 0 Å². The number of hydrogen-bond donors (Lipinski definition) is 2. The maximum absolute atomic E-state index is 12.4.